The third kappa shape index (κ3) is 2.26. The van der Waals surface area contributed by atoms with Gasteiger partial charge in [-0.15, -0.1) is 6.58 Å². The number of allylic oxidation sites excluding steroid dienone is 1. The molecule has 0 saturated heterocycles. The molecule has 0 saturated carbocycles. The average molecular weight is 219 g/mol. The molecule has 0 amide bonds. The Morgan fingerprint density at radius 1 is 1.06 bits per heavy atom. The van der Waals surface area contributed by atoms with Gasteiger partial charge >= 0.3 is 0 Å². The maximum atomic E-state index is 9.13. The predicted octanol–water partition coefficient (Wildman–Crippen LogP) is 3.95. The van der Waals surface area contributed by atoms with Crippen molar-refractivity contribution in [3.63, 3.8) is 0 Å². The van der Waals surface area contributed by atoms with Gasteiger partial charge in [0.1, 0.15) is 0 Å². The molecule has 17 heavy (non-hydrogen) atoms. The Morgan fingerprint density at radius 3 is 2.47 bits per heavy atom. The van der Waals surface area contributed by atoms with Crippen LogP contribution in [0.25, 0.3) is 11.1 Å². The summed E-state index contributed by atoms with van der Waals surface area (Å²) in [5, 5.41) is 9.13. The molecule has 1 heteroatoms. The molecular weight excluding hydrogens is 206 g/mol. The normalized spacial score (nSPS) is 9.59. The van der Waals surface area contributed by atoms with Crippen LogP contribution in [0.3, 0.4) is 0 Å². The molecular formula is C16H13N. The highest BCUT2D eigenvalue weighted by Crippen LogP contribution is 2.26. The van der Waals surface area contributed by atoms with Crippen molar-refractivity contribution >= 4 is 0 Å². The first-order valence-corrected chi connectivity index (χ1v) is 5.55. The number of rotatable bonds is 3. The maximum absolute atomic E-state index is 9.13. The largest absolute Gasteiger partial charge is 0.192 e. The van der Waals surface area contributed by atoms with Crippen molar-refractivity contribution in [2.45, 2.75) is 6.42 Å². The van der Waals surface area contributed by atoms with Crippen molar-refractivity contribution in [1.82, 2.24) is 0 Å². The number of nitriles is 1. The molecule has 0 bridgehead atoms. The fourth-order valence-corrected chi connectivity index (χ4v) is 1.94. The van der Waals surface area contributed by atoms with Gasteiger partial charge < -0.3 is 0 Å². The molecule has 0 radical (unpaired) electrons. The molecule has 0 unspecified atom stereocenters. The Bertz CT molecular complexity index is 562. The highest BCUT2D eigenvalue weighted by molar-refractivity contribution is 5.70. The lowest BCUT2D eigenvalue weighted by Gasteiger charge is -2.09. The van der Waals surface area contributed by atoms with Crippen molar-refractivity contribution in [1.29, 1.82) is 5.26 Å². The van der Waals surface area contributed by atoms with E-state index in [-0.39, 0.29) is 0 Å². The molecule has 0 aliphatic heterocycles. The van der Waals surface area contributed by atoms with Crippen LogP contribution in [0.15, 0.2) is 61.2 Å². The smallest absolute Gasteiger partial charge is 0.0994 e. The first-order valence-electron chi connectivity index (χ1n) is 5.55. The van der Waals surface area contributed by atoms with Gasteiger partial charge in [-0.2, -0.15) is 5.26 Å². The van der Waals surface area contributed by atoms with Crippen molar-refractivity contribution in [2.24, 2.45) is 0 Å². The fourth-order valence-electron chi connectivity index (χ4n) is 1.94. The van der Waals surface area contributed by atoms with E-state index in [2.05, 4.69) is 30.8 Å². The van der Waals surface area contributed by atoms with Crippen LogP contribution in [-0.4, -0.2) is 0 Å². The third-order valence-corrected chi connectivity index (χ3v) is 2.73. The average Bonchev–Trinajstić information content (AvgIpc) is 2.40. The van der Waals surface area contributed by atoms with Crippen molar-refractivity contribution in [3.05, 3.63) is 72.3 Å². The second-order valence-electron chi connectivity index (χ2n) is 3.80. The van der Waals surface area contributed by atoms with E-state index in [1.165, 1.54) is 0 Å². The molecule has 0 atom stereocenters. The van der Waals surface area contributed by atoms with Gasteiger partial charge in [-0.05, 0) is 29.2 Å². The first-order chi connectivity index (χ1) is 8.36. The highest BCUT2D eigenvalue weighted by atomic mass is 14.2. The lowest BCUT2D eigenvalue weighted by molar-refractivity contribution is 1.25. The Labute approximate surface area is 102 Å². The molecule has 0 aromatic heterocycles. The molecule has 2 rings (SSSR count). The van der Waals surface area contributed by atoms with Crippen LogP contribution in [0, 0.1) is 11.3 Å². The van der Waals surface area contributed by atoms with Crippen LogP contribution < -0.4 is 0 Å². The van der Waals surface area contributed by atoms with E-state index >= 15 is 0 Å². The molecule has 0 aliphatic rings. The molecule has 2 aromatic carbocycles. The summed E-state index contributed by atoms with van der Waals surface area (Å²) in [5.74, 6) is 0. The summed E-state index contributed by atoms with van der Waals surface area (Å²) in [5.41, 5.74) is 4.04. The lowest BCUT2D eigenvalue weighted by atomic mass is 9.94. The quantitative estimate of drug-likeness (QED) is 0.717. The fraction of sp³-hybridized carbons (Fsp3) is 0.0625. The third-order valence-electron chi connectivity index (χ3n) is 2.73. The number of hydrogen-bond acceptors (Lipinski definition) is 1. The minimum Gasteiger partial charge on any atom is -0.192 e. The molecule has 0 heterocycles. The van der Waals surface area contributed by atoms with E-state index in [1.54, 1.807) is 0 Å². The Morgan fingerprint density at radius 2 is 1.82 bits per heavy atom. The highest BCUT2D eigenvalue weighted by Gasteiger charge is 2.07. The zero-order valence-electron chi connectivity index (χ0n) is 9.56. The van der Waals surface area contributed by atoms with Gasteiger partial charge in [-0.25, -0.2) is 0 Å². The van der Waals surface area contributed by atoms with E-state index in [0.717, 1.165) is 22.3 Å². The Hall–Kier alpha value is -2.33. The van der Waals surface area contributed by atoms with E-state index in [0.29, 0.717) is 6.42 Å². The van der Waals surface area contributed by atoms with Gasteiger partial charge in [0, 0.05) is 0 Å². The Balaban J connectivity index is 2.62. The van der Waals surface area contributed by atoms with E-state index in [9.17, 15) is 0 Å². The van der Waals surface area contributed by atoms with Crippen LogP contribution in [0.4, 0.5) is 0 Å². The molecule has 82 valence electrons. The molecule has 0 fully saturated rings. The monoisotopic (exact) mass is 219 g/mol. The van der Waals surface area contributed by atoms with E-state index in [1.807, 2.05) is 36.4 Å². The number of hydrogen-bond donors (Lipinski definition) is 0. The molecule has 0 N–H and O–H groups in total. The summed E-state index contributed by atoms with van der Waals surface area (Å²) in [7, 11) is 0. The zero-order chi connectivity index (χ0) is 12.1. The molecule has 2 aromatic rings. The summed E-state index contributed by atoms with van der Waals surface area (Å²) in [6.45, 7) is 3.76. The Kier molecular flexibility index (Phi) is 3.37. The lowest BCUT2D eigenvalue weighted by Crippen LogP contribution is -1.92. The summed E-state index contributed by atoms with van der Waals surface area (Å²) in [6, 6.07) is 18.2. The zero-order valence-corrected chi connectivity index (χ0v) is 9.56. The van der Waals surface area contributed by atoms with E-state index in [4.69, 9.17) is 5.26 Å². The topological polar surface area (TPSA) is 23.8 Å². The molecule has 0 spiro atoms. The van der Waals surface area contributed by atoms with Crippen molar-refractivity contribution in [2.75, 3.05) is 0 Å². The van der Waals surface area contributed by atoms with Gasteiger partial charge in [0.2, 0.25) is 0 Å². The van der Waals surface area contributed by atoms with Crippen LogP contribution in [0.2, 0.25) is 0 Å². The van der Waals surface area contributed by atoms with Crippen LogP contribution in [0.1, 0.15) is 11.1 Å². The van der Waals surface area contributed by atoms with Gasteiger partial charge in [-0.3, -0.25) is 0 Å². The standard InChI is InChI=1S/C16H13N/c1-2-7-15-14(12-17)10-6-11-16(15)13-8-4-3-5-9-13/h2-6,8-11H,1,7H2. The van der Waals surface area contributed by atoms with Gasteiger partial charge in [0.05, 0.1) is 11.6 Å². The summed E-state index contributed by atoms with van der Waals surface area (Å²) >= 11 is 0. The molecule has 1 nitrogen and oxygen atoms in total. The van der Waals surface area contributed by atoms with Crippen LogP contribution >= 0.6 is 0 Å². The van der Waals surface area contributed by atoms with Crippen molar-refractivity contribution in [3.8, 4) is 17.2 Å². The van der Waals surface area contributed by atoms with Crippen molar-refractivity contribution < 1.29 is 0 Å². The van der Waals surface area contributed by atoms with Crippen LogP contribution in [0.5, 0.6) is 0 Å². The maximum Gasteiger partial charge on any atom is 0.0994 e. The summed E-state index contributed by atoms with van der Waals surface area (Å²) < 4.78 is 0. The second kappa shape index (κ2) is 5.14. The van der Waals surface area contributed by atoms with Gasteiger partial charge in [0.25, 0.3) is 0 Å². The first kappa shape index (κ1) is 11.2. The number of benzene rings is 2. The van der Waals surface area contributed by atoms with Gasteiger partial charge in [-0.1, -0.05) is 48.5 Å². The minimum atomic E-state index is 0.716. The predicted molar refractivity (Wildman–Crippen MR) is 70.5 cm³/mol. The van der Waals surface area contributed by atoms with Gasteiger partial charge in [0.15, 0.2) is 0 Å². The SMILES string of the molecule is C=CCc1c(C#N)cccc1-c1ccccc1. The summed E-state index contributed by atoms with van der Waals surface area (Å²) in [6.07, 6.45) is 2.55. The number of nitrogens with zero attached hydrogens (tertiary/aromatic N) is 1. The second-order valence-corrected chi connectivity index (χ2v) is 3.80. The minimum absolute atomic E-state index is 0.716. The molecule has 0 aliphatic carbocycles. The summed E-state index contributed by atoms with van der Waals surface area (Å²) in [4.78, 5) is 0. The van der Waals surface area contributed by atoms with Crippen LogP contribution in [-0.2, 0) is 6.42 Å². The van der Waals surface area contributed by atoms with E-state index < -0.39 is 0 Å².